The number of carbonyl (C=O) groups is 1. The number of phenols is 1. The van der Waals surface area contributed by atoms with Crippen LogP contribution in [0, 0.1) is 5.82 Å². The molecule has 0 aliphatic heterocycles. The number of hydrogen-bond donors (Lipinski definition) is 2. The van der Waals surface area contributed by atoms with E-state index in [1.54, 1.807) is 18.2 Å². The Morgan fingerprint density at radius 1 is 1.60 bits per heavy atom. The molecule has 0 aliphatic rings. The molecule has 2 N–H and O–H groups in total. The standard InChI is InChI=1S/C11H12FNO2/c1-8(14)13-6-2-3-9-4-5-11(15)10(12)7-9/h2-5,7,15H,6H2,1H3,(H,13,14). The topological polar surface area (TPSA) is 49.3 Å². The highest BCUT2D eigenvalue weighted by atomic mass is 19.1. The summed E-state index contributed by atoms with van der Waals surface area (Å²) in [7, 11) is 0. The lowest BCUT2D eigenvalue weighted by molar-refractivity contribution is -0.118. The molecule has 1 amide bonds. The maximum absolute atomic E-state index is 12.9. The number of halogens is 1. The lowest BCUT2D eigenvalue weighted by Crippen LogP contribution is -2.19. The number of carbonyl (C=O) groups excluding carboxylic acids is 1. The molecule has 1 aromatic carbocycles. The first-order chi connectivity index (χ1) is 7.09. The van der Waals surface area contributed by atoms with Crippen LogP contribution < -0.4 is 5.32 Å². The summed E-state index contributed by atoms with van der Waals surface area (Å²) in [5.74, 6) is -1.14. The first-order valence-corrected chi connectivity index (χ1v) is 4.49. The van der Waals surface area contributed by atoms with Crippen molar-refractivity contribution in [2.24, 2.45) is 0 Å². The number of nitrogens with one attached hydrogen (secondary N) is 1. The van der Waals surface area contributed by atoms with Gasteiger partial charge in [-0.25, -0.2) is 4.39 Å². The predicted octanol–water partition coefficient (Wildman–Crippen LogP) is 1.68. The second-order valence-electron chi connectivity index (χ2n) is 3.05. The summed E-state index contributed by atoms with van der Waals surface area (Å²) in [4.78, 5) is 10.5. The number of aromatic hydroxyl groups is 1. The summed E-state index contributed by atoms with van der Waals surface area (Å²) >= 11 is 0. The lowest BCUT2D eigenvalue weighted by atomic mass is 10.2. The molecule has 0 spiro atoms. The normalized spacial score (nSPS) is 10.5. The average Bonchev–Trinajstić information content (AvgIpc) is 2.18. The number of amides is 1. The molecule has 1 rings (SSSR count). The summed E-state index contributed by atoms with van der Waals surface area (Å²) in [6, 6.07) is 4.09. The number of phenolic OH excluding ortho intramolecular Hbond substituents is 1. The Bertz CT molecular complexity index is 388. The van der Waals surface area contributed by atoms with Gasteiger partial charge in [0.15, 0.2) is 11.6 Å². The summed E-state index contributed by atoms with van der Waals surface area (Å²) in [6.45, 7) is 1.83. The highest BCUT2D eigenvalue weighted by Crippen LogP contribution is 2.16. The van der Waals surface area contributed by atoms with E-state index in [1.807, 2.05) is 0 Å². The van der Waals surface area contributed by atoms with Crippen LogP contribution in [0.3, 0.4) is 0 Å². The molecule has 0 aliphatic carbocycles. The Hall–Kier alpha value is -1.84. The van der Waals surface area contributed by atoms with E-state index in [0.29, 0.717) is 12.1 Å². The van der Waals surface area contributed by atoms with Gasteiger partial charge in [0.05, 0.1) is 0 Å². The number of benzene rings is 1. The van der Waals surface area contributed by atoms with Crippen LogP contribution in [0.2, 0.25) is 0 Å². The third-order valence-corrected chi connectivity index (χ3v) is 1.75. The summed E-state index contributed by atoms with van der Waals surface area (Å²) in [5, 5.41) is 11.5. The minimum atomic E-state index is -0.656. The van der Waals surface area contributed by atoms with Crippen molar-refractivity contribution >= 4 is 12.0 Å². The van der Waals surface area contributed by atoms with Crippen LogP contribution in [0.15, 0.2) is 24.3 Å². The van der Waals surface area contributed by atoms with Crippen LogP contribution in [0.1, 0.15) is 12.5 Å². The van der Waals surface area contributed by atoms with E-state index in [0.717, 1.165) is 0 Å². The fourth-order valence-corrected chi connectivity index (χ4v) is 1.02. The molecule has 0 saturated heterocycles. The molecule has 0 bridgehead atoms. The highest BCUT2D eigenvalue weighted by molar-refractivity contribution is 5.73. The number of rotatable bonds is 3. The van der Waals surface area contributed by atoms with Gasteiger partial charge in [0.25, 0.3) is 0 Å². The fourth-order valence-electron chi connectivity index (χ4n) is 1.02. The quantitative estimate of drug-likeness (QED) is 0.795. The van der Waals surface area contributed by atoms with Gasteiger partial charge in [0, 0.05) is 13.5 Å². The molecule has 1 aromatic rings. The van der Waals surface area contributed by atoms with Crippen LogP contribution in [-0.2, 0) is 4.79 Å². The third kappa shape index (κ3) is 3.81. The van der Waals surface area contributed by atoms with Gasteiger partial charge in [-0.15, -0.1) is 0 Å². The zero-order valence-corrected chi connectivity index (χ0v) is 8.33. The van der Waals surface area contributed by atoms with Crippen LogP contribution in [-0.4, -0.2) is 17.6 Å². The molecule has 80 valence electrons. The van der Waals surface area contributed by atoms with E-state index in [2.05, 4.69) is 5.32 Å². The van der Waals surface area contributed by atoms with Crippen LogP contribution in [0.25, 0.3) is 6.08 Å². The van der Waals surface area contributed by atoms with Crippen molar-refractivity contribution in [1.82, 2.24) is 5.32 Å². The first-order valence-electron chi connectivity index (χ1n) is 4.49. The van der Waals surface area contributed by atoms with Crippen LogP contribution >= 0.6 is 0 Å². The first kappa shape index (κ1) is 11.2. The SMILES string of the molecule is CC(=O)NCC=Cc1ccc(O)c(F)c1. The molecule has 3 nitrogen and oxygen atoms in total. The van der Waals surface area contributed by atoms with E-state index in [9.17, 15) is 9.18 Å². The summed E-state index contributed by atoms with van der Waals surface area (Å²) < 4.78 is 12.9. The largest absolute Gasteiger partial charge is 0.505 e. The van der Waals surface area contributed by atoms with Crippen LogP contribution in [0.4, 0.5) is 4.39 Å². The molecule has 4 heteroatoms. The predicted molar refractivity (Wildman–Crippen MR) is 55.8 cm³/mol. The van der Waals surface area contributed by atoms with Crippen molar-refractivity contribution < 1.29 is 14.3 Å². The highest BCUT2D eigenvalue weighted by Gasteiger charge is 1.98. The molecule has 0 heterocycles. The van der Waals surface area contributed by atoms with Gasteiger partial charge in [-0.3, -0.25) is 4.79 Å². The van der Waals surface area contributed by atoms with Crippen LogP contribution in [0.5, 0.6) is 5.75 Å². The second kappa shape index (κ2) is 5.14. The smallest absolute Gasteiger partial charge is 0.217 e. The van der Waals surface area contributed by atoms with Gasteiger partial charge in [-0.1, -0.05) is 18.2 Å². The molecular formula is C11H12FNO2. The van der Waals surface area contributed by atoms with Crippen molar-refractivity contribution in [3.63, 3.8) is 0 Å². The van der Waals surface area contributed by atoms with E-state index >= 15 is 0 Å². The Labute approximate surface area is 87.2 Å². The molecular weight excluding hydrogens is 197 g/mol. The van der Waals surface area contributed by atoms with Gasteiger partial charge < -0.3 is 10.4 Å². The lowest BCUT2D eigenvalue weighted by Gasteiger charge is -1.97. The minimum absolute atomic E-state index is 0.114. The summed E-state index contributed by atoms with van der Waals surface area (Å²) in [6.07, 6.45) is 3.37. The number of hydrogen-bond acceptors (Lipinski definition) is 2. The Kier molecular flexibility index (Phi) is 3.85. The van der Waals surface area contributed by atoms with Crippen molar-refractivity contribution in [3.05, 3.63) is 35.7 Å². The summed E-state index contributed by atoms with van der Waals surface area (Å²) in [5.41, 5.74) is 0.635. The van der Waals surface area contributed by atoms with Crippen molar-refractivity contribution in [3.8, 4) is 5.75 Å². The van der Waals surface area contributed by atoms with E-state index in [1.165, 1.54) is 19.1 Å². The molecule has 0 fully saturated rings. The van der Waals surface area contributed by atoms with Gasteiger partial charge in [0.1, 0.15) is 0 Å². The second-order valence-corrected chi connectivity index (χ2v) is 3.05. The van der Waals surface area contributed by atoms with Crippen molar-refractivity contribution in [2.45, 2.75) is 6.92 Å². The van der Waals surface area contributed by atoms with E-state index < -0.39 is 5.82 Å². The molecule has 15 heavy (non-hydrogen) atoms. The van der Waals surface area contributed by atoms with Crippen molar-refractivity contribution in [1.29, 1.82) is 0 Å². The van der Waals surface area contributed by atoms with Gasteiger partial charge >= 0.3 is 0 Å². The molecule has 0 saturated carbocycles. The van der Waals surface area contributed by atoms with Gasteiger partial charge in [0.2, 0.25) is 5.91 Å². The van der Waals surface area contributed by atoms with Gasteiger partial charge in [-0.2, -0.15) is 0 Å². The minimum Gasteiger partial charge on any atom is -0.505 e. The zero-order chi connectivity index (χ0) is 11.3. The fraction of sp³-hybridized carbons (Fsp3) is 0.182. The van der Waals surface area contributed by atoms with E-state index in [-0.39, 0.29) is 11.7 Å². The third-order valence-electron chi connectivity index (χ3n) is 1.75. The zero-order valence-electron chi connectivity index (χ0n) is 8.33. The van der Waals surface area contributed by atoms with E-state index in [4.69, 9.17) is 5.11 Å². The maximum Gasteiger partial charge on any atom is 0.217 e. The van der Waals surface area contributed by atoms with Crippen molar-refractivity contribution in [2.75, 3.05) is 6.54 Å². The molecule has 0 aromatic heterocycles. The molecule has 0 unspecified atom stereocenters. The average molecular weight is 209 g/mol. The maximum atomic E-state index is 12.9. The Morgan fingerprint density at radius 3 is 2.93 bits per heavy atom. The Morgan fingerprint density at radius 2 is 2.33 bits per heavy atom. The monoisotopic (exact) mass is 209 g/mol. The molecule has 0 atom stereocenters. The Balaban J connectivity index is 2.57. The van der Waals surface area contributed by atoms with Gasteiger partial charge in [-0.05, 0) is 17.7 Å². The molecule has 0 radical (unpaired) electrons.